The average Bonchev–Trinajstić information content (AvgIpc) is 3.28. The molecule has 1 fully saturated rings. The van der Waals surface area contributed by atoms with Crippen LogP contribution in [0.1, 0.15) is 18.4 Å². The Morgan fingerprint density at radius 3 is 2.47 bits per heavy atom. The van der Waals surface area contributed by atoms with Crippen LogP contribution in [0.3, 0.4) is 0 Å². The van der Waals surface area contributed by atoms with Gasteiger partial charge in [0, 0.05) is 11.5 Å². The van der Waals surface area contributed by atoms with Crippen LogP contribution in [-0.2, 0) is 4.79 Å². The van der Waals surface area contributed by atoms with Crippen LogP contribution in [0.25, 0.3) is 5.70 Å². The lowest BCUT2D eigenvalue weighted by molar-refractivity contribution is -0.122. The molecule has 5 heteroatoms. The number of nitrogens with one attached hydrogen (secondary N) is 2. The summed E-state index contributed by atoms with van der Waals surface area (Å²) in [6.07, 6.45) is 1.94. The van der Waals surface area contributed by atoms with E-state index >= 15 is 0 Å². The monoisotopic (exact) mass is 262 g/mol. The van der Waals surface area contributed by atoms with E-state index < -0.39 is 0 Å². The largest absolute Gasteiger partial charge is 0.493 e. The number of methoxy groups -OCH3 is 2. The molecule has 2 N–H and O–H groups in total. The van der Waals surface area contributed by atoms with Crippen molar-refractivity contribution in [1.29, 1.82) is 0 Å². The number of hydrogen-bond donors (Lipinski definition) is 2. The van der Waals surface area contributed by atoms with E-state index in [4.69, 9.17) is 9.47 Å². The lowest BCUT2D eigenvalue weighted by Gasteiger charge is -2.13. The molecular weight excluding hydrogens is 244 g/mol. The normalized spacial score (nSPS) is 13.6. The van der Waals surface area contributed by atoms with Gasteiger partial charge < -0.3 is 9.47 Å². The Bertz CT molecular complexity index is 495. The van der Waals surface area contributed by atoms with Gasteiger partial charge in [-0.15, -0.1) is 0 Å². The molecule has 2 rings (SSSR count). The summed E-state index contributed by atoms with van der Waals surface area (Å²) in [5.74, 6) is 1.45. The van der Waals surface area contributed by atoms with E-state index in [1.807, 2.05) is 6.07 Å². The van der Waals surface area contributed by atoms with Gasteiger partial charge in [-0.2, -0.15) is 0 Å². The van der Waals surface area contributed by atoms with Crippen molar-refractivity contribution >= 4 is 11.6 Å². The number of rotatable bonds is 6. The molecule has 1 aromatic carbocycles. The minimum absolute atomic E-state index is 0.0154. The number of carbonyl (C=O) groups is 1. The highest BCUT2D eigenvalue weighted by atomic mass is 16.5. The molecule has 19 heavy (non-hydrogen) atoms. The summed E-state index contributed by atoms with van der Waals surface area (Å²) in [7, 11) is 3.16. The molecule has 0 heterocycles. The van der Waals surface area contributed by atoms with E-state index in [1.165, 1.54) is 0 Å². The molecule has 0 bridgehead atoms. The zero-order valence-corrected chi connectivity index (χ0v) is 11.2. The van der Waals surface area contributed by atoms with E-state index in [0.29, 0.717) is 17.2 Å². The fourth-order valence-electron chi connectivity index (χ4n) is 1.68. The van der Waals surface area contributed by atoms with Crippen molar-refractivity contribution < 1.29 is 14.3 Å². The molecule has 1 aromatic rings. The highest BCUT2D eigenvalue weighted by Gasteiger charge is 2.29. The summed E-state index contributed by atoms with van der Waals surface area (Å²) < 4.78 is 10.4. The van der Waals surface area contributed by atoms with E-state index in [1.54, 1.807) is 26.4 Å². The van der Waals surface area contributed by atoms with Gasteiger partial charge in [0.1, 0.15) is 0 Å². The van der Waals surface area contributed by atoms with Gasteiger partial charge in [-0.1, -0.05) is 6.58 Å². The highest BCUT2D eigenvalue weighted by molar-refractivity contribution is 5.81. The van der Waals surface area contributed by atoms with Crippen LogP contribution in [0.15, 0.2) is 24.8 Å². The third-order valence-electron chi connectivity index (χ3n) is 3.02. The maximum Gasteiger partial charge on any atom is 0.241 e. The predicted octanol–water partition coefficient (Wildman–Crippen LogP) is 1.71. The summed E-state index contributed by atoms with van der Waals surface area (Å²) in [4.78, 5) is 11.5. The lowest BCUT2D eigenvalue weighted by Crippen LogP contribution is -2.36. The number of hydrogen-bond acceptors (Lipinski definition) is 4. The molecule has 0 radical (unpaired) electrons. The minimum atomic E-state index is 0.0154. The summed E-state index contributed by atoms with van der Waals surface area (Å²) in [6, 6.07) is 5.45. The first-order valence-corrected chi connectivity index (χ1v) is 6.13. The SMILES string of the molecule is C=C(NNC(=O)C1CC1)c1ccc(OC)c(OC)c1. The molecule has 1 saturated carbocycles. The zero-order chi connectivity index (χ0) is 13.8. The Morgan fingerprint density at radius 1 is 1.21 bits per heavy atom. The first kappa shape index (κ1) is 13.3. The van der Waals surface area contributed by atoms with Crippen LogP contribution in [0.2, 0.25) is 0 Å². The minimum Gasteiger partial charge on any atom is -0.493 e. The molecule has 1 aliphatic rings. The van der Waals surface area contributed by atoms with Gasteiger partial charge in [0.2, 0.25) is 5.91 Å². The van der Waals surface area contributed by atoms with Gasteiger partial charge in [0.05, 0.1) is 19.9 Å². The third-order valence-corrected chi connectivity index (χ3v) is 3.02. The number of benzene rings is 1. The number of carbonyl (C=O) groups excluding carboxylic acids is 1. The second-order valence-electron chi connectivity index (χ2n) is 4.44. The van der Waals surface area contributed by atoms with Crippen LogP contribution in [0, 0.1) is 5.92 Å². The van der Waals surface area contributed by atoms with Crippen LogP contribution in [-0.4, -0.2) is 20.1 Å². The molecule has 102 valence electrons. The Morgan fingerprint density at radius 2 is 1.89 bits per heavy atom. The predicted molar refractivity (Wildman–Crippen MR) is 72.6 cm³/mol. The summed E-state index contributed by atoms with van der Waals surface area (Å²) in [5.41, 5.74) is 6.90. The Hall–Kier alpha value is -2.17. The highest BCUT2D eigenvalue weighted by Crippen LogP contribution is 2.30. The number of hydrazine groups is 1. The van der Waals surface area contributed by atoms with Gasteiger partial charge in [0.25, 0.3) is 0 Å². The van der Waals surface area contributed by atoms with Crippen molar-refractivity contribution in [3.63, 3.8) is 0 Å². The van der Waals surface area contributed by atoms with Gasteiger partial charge in [0.15, 0.2) is 11.5 Å². The molecule has 0 spiro atoms. The second-order valence-corrected chi connectivity index (χ2v) is 4.44. The maximum absolute atomic E-state index is 11.5. The molecule has 0 aromatic heterocycles. The number of amides is 1. The summed E-state index contributed by atoms with van der Waals surface area (Å²) >= 11 is 0. The fraction of sp³-hybridized carbons (Fsp3) is 0.357. The van der Waals surface area contributed by atoms with Gasteiger partial charge >= 0.3 is 0 Å². The van der Waals surface area contributed by atoms with Crippen LogP contribution in [0.4, 0.5) is 0 Å². The molecule has 5 nitrogen and oxygen atoms in total. The van der Waals surface area contributed by atoms with Crippen molar-refractivity contribution in [3.8, 4) is 11.5 Å². The van der Waals surface area contributed by atoms with Crippen molar-refractivity contribution in [1.82, 2.24) is 10.9 Å². The topological polar surface area (TPSA) is 59.6 Å². The van der Waals surface area contributed by atoms with Crippen molar-refractivity contribution in [2.75, 3.05) is 14.2 Å². The smallest absolute Gasteiger partial charge is 0.241 e. The second kappa shape index (κ2) is 5.65. The van der Waals surface area contributed by atoms with Crippen molar-refractivity contribution in [2.24, 2.45) is 5.92 Å². The van der Waals surface area contributed by atoms with E-state index in [2.05, 4.69) is 17.4 Å². The average molecular weight is 262 g/mol. The maximum atomic E-state index is 11.5. The zero-order valence-electron chi connectivity index (χ0n) is 11.2. The van der Waals surface area contributed by atoms with Crippen molar-refractivity contribution in [3.05, 3.63) is 30.3 Å². The van der Waals surface area contributed by atoms with Gasteiger partial charge in [-0.25, -0.2) is 0 Å². The van der Waals surface area contributed by atoms with Crippen LogP contribution in [0.5, 0.6) is 11.5 Å². The Balaban J connectivity index is 1.99. The fourth-order valence-corrected chi connectivity index (χ4v) is 1.68. The molecule has 0 saturated heterocycles. The summed E-state index contributed by atoms with van der Waals surface area (Å²) in [6.45, 7) is 3.89. The van der Waals surface area contributed by atoms with Crippen molar-refractivity contribution in [2.45, 2.75) is 12.8 Å². The Kier molecular flexibility index (Phi) is 3.94. The molecular formula is C14H18N2O3. The van der Waals surface area contributed by atoms with Gasteiger partial charge in [-0.05, 0) is 31.0 Å². The Labute approximate surface area is 112 Å². The molecule has 0 aliphatic heterocycles. The lowest BCUT2D eigenvalue weighted by atomic mass is 10.1. The first-order valence-electron chi connectivity index (χ1n) is 6.13. The van der Waals surface area contributed by atoms with E-state index in [9.17, 15) is 4.79 Å². The summed E-state index contributed by atoms with van der Waals surface area (Å²) in [5, 5.41) is 0. The first-order chi connectivity index (χ1) is 9.15. The third kappa shape index (κ3) is 3.19. The molecule has 0 unspecified atom stereocenters. The van der Waals surface area contributed by atoms with E-state index in [0.717, 1.165) is 18.4 Å². The quantitative estimate of drug-likeness (QED) is 0.766. The van der Waals surface area contributed by atoms with Gasteiger partial charge in [-0.3, -0.25) is 15.6 Å². The van der Waals surface area contributed by atoms with Crippen LogP contribution >= 0.6 is 0 Å². The molecule has 1 aliphatic carbocycles. The molecule has 0 atom stereocenters. The molecule has 1 amide bonds. The van der Waals surface area contributed by atoms with Crippen LogP contribution < -0.4 is 20.3 Å². The van der Waals surface area contributed by atoms with E-state index in [-0.39, 0.29) is 11.8 Å². The number of ether oxygens (including phenoxy) is 2. The standard InChI is InChI=1S/C14H18N2O3/c1-9(15-16-14(17)10-4-5-10)11-6-7-12(18-2)13(8-11)19-3/h6-8,10,15H,1,4-5H2,2-3H3,(H,16,17).